The van der Waals surface area contributed by atoms with Gasteiger partial charge in [0, 0.05) is 17.3 Å². The molecule has 0 aliphatic heterocycles. The lowest BCUT2D eigenvalue weighted by molar-refractivity contribution is 0.415. The van der Waals surface area contributed by atoms with Crippen LogP contribution in [0.15, 0.2) is 54.7 Å². The number of pyridine rings is 1. The van der Waals surface area contributed by atoms with Crippen molar-refractivity contribution in [2.45, 2.75) is 0 Å². The van der Waals surface area contributed by atoms with E-state index in [0.717, 1.165) is 16.5 Å². The van der Waals surface area contributed by atoms with E-state index in [9.17, 15) is 0 Å². The highest BCUT2D eigenvalue weighted by molar-refractivity contribution is 5.88. The topological polar surface area (TPSA) is 57.4 Å². The molecule has 0 amide bonds. The zero-order valence-corrected chi connectivity index (χ0v) is 11.0. The molecule has 0 bridgehead atoms. The Labute approximate surface area is 116 Å². The Kier molecular flexibility index (Phi) is 3.13. The summed E-state index contributed by atoms with van der Waals surface area (Å²) in [5, 5.41) is 1.95. The van der Waals surface area contributed by atoms with Gasteiger partial charge < -0.3 is 15.2 Å². The summed E-state index contributed by atoms with van der Waals surface area (Å²) in [4.78, 5) is 4.29. The van der Waals surface area contributed by atoms with E-state index in [4.69, 9.17) is 15.2 Å². The van der Waals surface area contributed by atoms with Crippen LogP contribution < -0.4 is 15.2 Å². The van der Waals surface area contributed by atoms with E-state index >= 15 is 0 Å². The molecule has 4 heteroatoms. The predicted octanol–water partition coefficient (Wildman–Crippen LogP) is 3.62. The lowest BCUT2D eigenvalue weighted by atomic mass is 10.1. The van der Waals surface area contributed by atoms with E-state index in [1.54, 1.807) is 25.4 Å². The summed E-state index contributed by atoms with van der Waals surface area (Å²) < 4.78 is 11.1. The molecule has 3 rings (SSSR count). The van der Waals surface area contributed by atoms with Crippen LogP contribution in [0.1, 0.15) is 0 Å². The number of aromatic nitrogens is 1. The Balaban J connectivity index is 2.04. The van der Waals surface area contributed by atoms with Crippen molar-refractivity contribution >= 4 is 16.5 Å². The highest BCUT2D eigenvalue weighted by Crippen LogP contribution is 2.30. The highest BCUT2D eigenvalue weighted by Gasteiger charge is 2.06. The van der Waals surface area contributed by atoms with Gasteiger partial charge >= 0.3 is 0 Å². The fourth-order valence-electron chi connectivity index (χ4n) is 1.98. The summed E-state index contributed by atoms with van der Waals surface area (Å²) in [7, 11) is 1.64. The van der Waals surface area contributed by atoms with Crippen molar-refractivity contribution in [3.63, 3.8) is 0 Å². The lowest BCUT2D eigenvalue weighted by Gasteiger charge is -2.09. The molecule has 0 unspecified atom stereocenters. The van der Waals surface area contributed by atoms with E-state index in [1.807, 2.05) is 36.4 Å². The second-order valence-corrected chi connectivity index (χ2v) is 4.37. The Morgan fingerprint density at radius 1 is 0.950 bits per heavy atom. The molecule has 2 N–H and O–H groups in total. The molecule has 0 spiro atoms. The zero-order valence-electron chi connectivity index (χ0n) is 11.0. The Bertz CT molecular complexity index is 739. The van der Waals surface area contributed by atoms with Gasteiger partial charge in [0.1, 0.15) is 11.5 Å². The lowest BCUT2D eigenvalue weighted by Crippen LogP contribution is -1.91. The number of nitrogens with two attached hydrogens (primary N) is 1. The van der Waals surface area contributed by atoms with Crippen molar-refractivity contribution in [1.82, 2.24) is 4.98 Å². The van der Waals surface area contributed by atoms with Gasteiger partial charge in [0.25, 0.3) is 0 Å². The van der Waals surface area contributed by atoms with Crippen LogP contribution in [-0.4, -0.2) is 12.1 Å². The second kappa shape index (κ2) is 5.09. The SMILES string of the molecule is COc1ccc2ccnc(Oc3ccc(N)cc3)c2c1. The van der Waals surface area contributed by atoms with Gasteiger partial charge in [-0.05, 0) is 47.9 Å². The number of methoxy groups -OCH3 is 1. The third kappa shape index (κ3) is 2.36. The second-order valence-electron chi connectivity index (χ2n) is 4.37. The minimum Gasteiger partial charge on any atom is -0.497 e. The van der Waals surface area contributed by atoms with Gasteiger partial charge in [-0.25, -0.2) is 4.98 Å². The first kappa shape index (κ1) is 12.3. The Morgan fingerprint density at radius 2 is 1.70 bits per heavy atom. The van der Waals surface area contributed by atoms with Crippen LogP contribution in [0.25, 0.3) is 10.8 Å². The molecule has 3 aromatic rings. The van der Waals surface area contributed by atoms with E-state index in [1.165, 1.54) is 0 Å². The van der Waals surface area contributed by atoms with E-state index in [-0.39, 0.29) is 0 Å². The molecule has 0 aliphatic rings. The maximum atomic E-state index is 5.82. The Morgan fingerprint density at radius 3 is 2.45 bits per heavy atom. The van der Waals surface area contributed by atoms with Gasteiger partial charge in [0.05, 0.1) is 7.11 Å². The molecule has 1 heterocycles. The summed E-state index contributed by atoms with van der Waals surface area (Å²) >= 11 is 0. The predicted molar refractivity (Wildman–Crippen MR) is 79.2 cm³/mol. The van der Waals surface area contributed by atoms with Crippen molar-refractivity contribution in [2.75, 3.05) is 12.8 Å². The molecule has 0 aliphatic carbocycles. The third-order valence-electron chi connectivity index (χ3n) is 3.03. The van der Waals surface area contributed by atoms with Gasteiger partial charge in [0.15, 0.2) is 0 Å². The van der Waals surface area contributed by atoms with Crippen molar-refractivity contribution in [3.8, 4) is 17.4 Å². The van der Waals surface area contributed by atoms with Crippen LogP contribution in [-0.2, 0) is 0 Å². The number of benzene rings is 2. The number of hydrogen-bond donors (Lipinski definition) is 1. The van der Waals surface area contributed by atoms with Crippen LogP contribution in [0.3, 0.4) is 0 Å². The van der Waals surface area contributed by atoms with Crippen molar-refractivity contribution < 1.29 is 9.47 Å². The molecule has 2 aromatic carbocycles. The number of nitrogens with zero attached hydrogens (tertiary/aromatic N) is 1. The van der Waals surface area contributed by atoms with Crippen molar-refractivity contribution in [2.24, 2.45) is 0 Å². The quantitative estimate of drug-likeness (QED) is 0.736. The fraction of sp³-hybridized carbons (Fsp3) is 0.0625. The minimum atomic E-state index is 0.547. The monoisotopic (exact) mass is 266 g/mol. The van der Waals surface area contributed by atoms with Gasteiger partial charge in [0.2, 0.25) is 5.88 Å². The Hall–Kier alpha value is -2.75. The largest absolute Gasteiger partial charge is 0.497 e. The van der Waals surface area contributed by atoms with Crippen LogP contribution in [0.4, 0.5) is 5.69 Å². The standard InChI is InChI=1S/C16H14N2O2/c1-19-14-5-2-11-8-9-18-16(15(11)10-14)20-13-6-3-12(17)4-7-13/h2-10H,17H2,1H3. The van der Waals surface area contributed by atoms with Crippen LogP contribution in [0.2, 0.25) is 0 Å². The number of nitrogen functional groups attached to an aromatic ring is 1. The molecule has 0 radical (unpaired) electrons. The van der Waals surface area contributed by atoms with E-state index in [2.05, 4.69) is 4.98 Å². The summed E-state index contributed by atoms with van der Waals surface area (Å²) in [6.07, 6.45) is 1.72. The third-order valence-corrected chi connectivity index (χ3v) is 3.03. The maximum absolute atomic E-state index is 5.82. The first-order valence-electron chi connectivity index (χ1n) is 6.22. The van der Waals surface area contributed by atoms with Gasteiger partial charge in [-0.2, -0.15) is 0 Å². The molecule has 100 valence electrons. The summed E-state index contributed by atoms with van der Waals surface area (Å²) in [6.45, 7) is 0. The van der Waals surface area contributed by atoms with Crippen LogP contribution >= 0.6 is 0 Å². The number of fused-ring (bicyclic) bond motifs is 1. The number of anilines is 1. The molecule has 0 saturated carbocycles. The first-order chi connectivity index (χ1) is 9.76. The van der Waals surface area contributed by atoms with Crippen molar-refractivity contribution in [3.05, 3.63) is 54.7 Å². The van der Waals surface area contributed by atoms with Gasteiger partial charge in [-0.1, -0.05) is 6.07 Å². The number of rotatable bonds is 3. The van der Waals surface area contributed by atoms with Gasteiger partial charge in [-0.3, -0.25) is 0 Å². The van der Waals surface area contributed by atoms with E-state index in [0.29, 0.717) is 17.3 Å². The molecule has 0 atom stereocenters. The molecule has 1 aromatic heterocycles. The molecule has 20 heavy (non-hydrogen) atoms. The molecular formula is C16H14N2O2. The summed E-state index contributed by atoms with van der Waals surface area (Å²) in [6, 6.07) is 15.0. The molecule has 0 fully saturated rings. The van der Waals surface area contributed by atoms with E-state index < -0.39 is 0 Å². The molecule has 0 saturated heterocycles. The minimum absolute atomic E-state index is 0.547. The summed E-state index contributed by atoms with van der Waals surface area (Å²) in [5.41, 5.74) is 6.36. The van der Waals surface area contributed by atoms with Gasteiger partial charge in [-0.15, -0.1) is 0 Å². The molecular weight excluding hydrogens is 252 g/mol. The van der Waals surface area contributed by atoms with Crippen molar-refractivity contribution in [1.29, 1.82) is 0 Å². The first-order valence-corrected chi connectivity index (χ1v) is 6.22. The average Bonchev–Trinajstić information content (AvgIpc) is 2.49. The molecule has 4 nitrogen and oxygen atoms in total. The zero-order chi connectivity index (χ0) is 13.9. The van der Waals surface area contributed by atoms with Crippen LogP contribution in [0, 0.1) is 0 Å². The highest BCUT2D eigenvalue weighted by atomic mass is 16.5. The maximum Gasteiger partial charge on any atom is 0.227 e. The summed E-state index contributed by atoms with van der Waals surface area (Å²) in [5.74, 6) is 2.01. The average molecular weight is 266 g/mol. The smallest absolute Gasteiger partial charge is 0.227 e. The van der Waals surface area contributed by atoms with Crippen LogP contribution in [0.5, 0.6) is 17.4 Å². The fourth-order valence-corrected chi connectivity index (χ4v) is 1.98. The number of ether oxygens (including phenoxy) is 2. The number of hydrogen-bond acceptors (Lipinski definition) is 4. The normalized spacial score (nSPS) is 10.4.